The molecule has 1 atom stereocenters. The number of hydrogen-bond donors (Lipinski definition) is 3. The first-order chi connectivity index (χ1) is 13.0. The first-order valence-corrected chi connectivity index (χ1v) is 10.8. The van der Waals surface area contributed by atoms with Gasteiger partial charge in [0.05, 0.1) is 27.9 Å². The Labute approximate surface area is 172 Å². The molecule has 0 saturated carbocycles. The zero-order chi connectivity index (χ0) is 21.1. The van der Waals surface area contributed by atoms with E-state index in [-0.39, 0.29) is 24.7 Å². The van der Waals surface area contributed by atoms with Crippen LogP contribution >= 0.6 is 23.2 Å². The van der Waals surface area contributed by atoms with Gasteiger partial charge in [-0.25, -0.2) is 0 Å². The molecule has 0 aliphatic carbocycles. The molecule has 0 bridgehead atoms. The van der Waals surface area contributed by atoms with Crippen LogP contribution in [0, 0.1) is 0 Å². The number of aliphatic hydroxyl groups is 1. The Balaban J connectivity index is 1.90. The maximum absolute atomic E-state index is 12.4. The van der Waals surface area contributed by atoms with Crippen molar-refractivity contribution >= 4 is 45.1 Å². The predicted octanol–water partition coefficient (Wildman–Crippen LogP) is 1.97. The minimum absolute atomic E-state index is 0.137. The van der Waals surface area contributed by atoms with Gasteiger partial charge in [0.15, 0.2) is 5.76 Å². The van der Waals surface area contributed by atoms with Crippen LogP contribution in [0.1, 0.15) is 18.9 Å². The lowest BCUT2D eigenvalue weighted by molar-refractivity contribution is -0.127. The van der Waals surface area contributed by atoms with Crippen molar-refractivity contribution < 1.29 is 27.7 Å². The highest BCUT2D eigenvalue weighted by molar-refractivity contribution is 7.85. The van der Waals surface area contributed by atoms with Gasteiger partial charge in [0.1, 0.15) is 0 Å². The quantitative estimate of drug-likeness (QED) is 0.520. The van der Waals surface area contributed by atoms with Crippen LogP contribution in [0.25, 0.3) is 0 Å². The number of nitrogens with one attached hydrogen (secondary N) is 1. The summed E-state index contributed by atoms with van der Waals surface area (Å²) < 4.78 is 30.4. The van der Waals surface area contributed by atoms with Crippen molar-refractivity contribution in [2.45, 2.75) is 25.8 Å². The lowest BCUT2D eigenvalue weighted by Gasteiger charge is -2.16. The summed E-state index contributed by atoms with van der Waals surface area (Å²) in [6, 6.07) is 5.01. The smallest absolute Gasteiger partial charge is 0.289 e. The number of aliphatic hydroxyl groups excluding tert-OH is 1. The van der Waals surface area contributed by atoms with Gasteiger partial charge in [0, 0.05) is 12.6 Å². The third-order valence-electron chi connectivity index (χ3n) is 4.25. The fraction of sp³-hybridized carbons (Fsp3) is 0.412. The highest BCUT2D eigenvalue weighted by Gasteiger charge is 2.34. The van der Waals surface area contributed by atoms with Crippen LogP contribution < -0.4 is 5.32 Å². The second kappa shape index (κ2) is 9.13. The number of carbonyl (C=O) groups excluding carboxylic acids is 2. The number of halogens is 2. The Bertz CT molecular complexity index is 916. The molecule has 1 aromatic carbocycles. The van der Waals surface area contributed by atoms with Crippen LogP contribution in [0.5, 0.6) is 0 Å². The van der Waals surface area contributed by atoms with Gasteiger partial charge in [-0.3, -0.25) is 14.1 Å². The standard InChI is InChI=1S/C17H20Cl2N2O6S/c1-10(2-3-11-4-5-13(18)14(19)8-11)20-16(23)12-9-21(17(24)15(12)22)6-7-28(25,26)27/h4-5,8,10,22H,2-3,6-7,9H2,1H3,(H,20,23)(H,25,26,27). The predicted molar refractivity (Wildman–Crippen MR) is 105 cm³/mol. The average Bonchev–Trinajstić information content (AvgIpc) is 2.88. The third-order valence-corrected chi connectivity index (χ3v) is 5.68. The Morgan fingerprint density at radius 1 is 1.32 bits per heavy atom. The summed E-state index contributed by atoms with van der Waals surface area (Å²) in [6.45, 7) is 1.22. The van der Waals surface area contributed by atoms with Crippen molar-refractivity contribution in [3.63, 3.8) is 0 Å². The van der Waals surface area contributed by atoms with Crippen molar-refractivity contribution in [3.05, 3.63) is 45.1 Å². The van der Waals surface area contributed by atoms with Crippen molar-refractivity contribution in [1.29, 1.82) is 0 Å². The summed E-state index contributed by atoms with van der Waals surface area (Å²) >= 11 is 11.8. The first-order valence-electron chi connectivity index (χ1n) is 8.39. The zero-order valence-electron chi connectivity index (χ0n) is 15.0. The van der Waals surface area contributed by atoms with Crippen LogP contribution in [0.3, 0.4) is 0 Å². The van der Waals surface area contributed by atoms with E-state index >= 15 is 0 Å². The van der Waals surface area contributed by atoms with Gasteiger partial charge in [-0.15, -0.1) is 0 Å². The lowest BCUT2D eigenvalue weighted by atomic mass is 10.1. The van der Waals surface area contributed by atoms with Crippen molar-refractivity contribution in [2.24, 2.45) is 0 Å². The fourth-order valence-corrected chi connectivity index (χ4v) is 3.44. The molecule has 2 amide bonds. The lowest BCUT2D eigenvalue weighted by Crippen LogP contribution is -2.36. The highest BCUT2D eigenvalue weighted by atomic mass is 35.5. The van der Waals surface area contributed by atoms with Crippen molar-refractivity contribution in [1.82, 2.24) is 10.2 Å². The van der Waals surface area contributed by atoms with Crippen LogP contribution in [0.4, 0.5) is 0 Å². The number of nitrogens with zero attached hydrogens (tertiary/aromatic N) is 1. The molecule has 3 N–H and O–H groups in total. The molecule has 11 heteroatoms. The molecule has 0 saturated heterocycles. The highest BCUT2D eigenvalue weighted by Crippen LogP contribution is 2.23. The maximum atomic E-state index is 12.4. The Hall–Kier alpha value is -1.81. The molecule has 0 aromatic heterocycles. The molecule has 1 heterocycles. The molecule has 1 aliphatic heterocycles. The van der Waals surface area contributed by atoms with Gasteiger partial charge in [-0.1, -0.05) is 29.3 Å². The topological polar surface area (TPSA) is 124 Å². The summed E-state index contributed by atoms with van der Waals surface area (Å²) in [6.07, 6.45) is 1.21. The first kappa shape index (κ1) is 22.5. The average molecular weight is 451 g/mol. The number of benzene rings is 1. The van der Waals surface area contributed by atoms with Gasteiger partial charge >= 0.3 is 0 Å². The molecule has 28 heavy (non-hydrogen) atoms. The summed E-state index contributed by atoms with van der Waals surface area (Å²) in [4.78, 5) is 25.3. The van der Waals surface area contributed by atoms with Gasteiger partial charge < -0.3 is 15.3 Å². The van der Waals surface area contributed by atoms with E-state index in [1.165, 1.54) is 0 Å². The van der Waals surface area contributed by atoms with Gasteiger partial charge in [0.2, 0.25) is 0 Å². The van der Waals surface area contributed by atoms with E-state index in [0.717, 1.165) is 10.5 Å². The number of carbonyl (C=O) groups is 2. The summed E-state index contributed by atoms with van der Waals surface area (Å²) in [7, 11) is -4.26. The van der Waals surface area contributed by atoms with E-state index in [4.69, 9.17) is 27.8 Å². The molecule has 1 aliphatic rings. The molecular formula is C17H20Cl2N2O6S. The maximum Gasteiger partial charge on any atom is 0.289 e. The minimum atomic E-state index is -4.26. The van der Waals surface area contributed by atoms with Crippen molar-refractivity contribution in [2.75, 3.05) is 18.8 Å². The zero-order valence-corrected chi connectivity index (χ0v) is 17.3. The SMILES string of the molecule is CC(CCc1ccc(Cl)c(Cl)c1)NC(=O)C1=C(O)C(=O)N(CCS(=O)(=O)O)C1. The summed E-state index contributed by atoms with van der Waals surface area (Å²) in [5.74, 6) is -2.86. The number of amides is 2. The van der Waals surface area contributed by atoms with E-state index in [1.54, 1.807) is 19.1 Å². The van der Waals surface area contributed by atoms with Crippen molar-refractivity contribution in [3.8, 4) is 0 Å². The monoisotopic (exact) mass is 450 g/mol. The number of rotatable bonds is 8. The molecule has 1 unspecified atom stereocenters. The fourth-order valence-electron chi connectivity index (χ4n) is 2.66. The van der Waals surface area contributed by atoms with Crippen LogP contribution in [-0.4, -0.2) is 59.7 Å². The second-order valence-electron chi connectivity index (χ2n) is 6.50. The van der Waals surface area contributed by atoms with Gasteiger partial charge in [0.25, 0.3) is 21.9 Å². The Kier molecular flexibility index (Phi) is 7.33. The molecule has 154 valence electrons. The second-order valence-corrected chi connectivity index (χ2v) is 8.89. The number of aryl methyl sites for hydroxylation is 1. The van der Waals surface area contributed by atoms with Gasteiger partial charge in [-0.2, -0.15) is 8.42 Å². The Morgan fingerprint density at radius 2 is 2.00 bits per heavy atom. The normalized spacial score (nSPS) is 15.9. The summed E-state index contributed by atoms with van der Waals surface area (Å²) in [5, 5.41) is 13.5. The molecule has 0 radical (unpaired) electrons. The number of hydrogen-bond acceptors (Lipinski definition) is 5. The van der Waals surface area contributed by atoms with E-state index in [2.05, 4.69) is 5.32 Å². The molecule has 2 rings (SSSR count). The van der Waals surface area contributed by atoms with Crippen LogP contribution in [0.15, 0.2) is 29.5 Å². The van der Waals surface area contributed by atoms with E-state index < -0.39 is 33.4 Å². The van der Waals surface area contributed by atoms with Crippen LogP contribution in [0.2, 0.25) is 10.0 Å². The van der Waals surface area contributed by atoms with Gasteiger partial charge in [-0.05, 0) is 37.5 Å². The molecule has 1 aromatic rings. The molecular weight excluding hydrogens is 431 g/mol. The Morgan fingerprint density at radius 3 is 2.61 bits per heavy atom. The van der Waals surface area contributed by atoms with E-state index in [0.29, 0.717) is 22.9 Å². The molecule has 0 fully saturated rings. The largest absolute Gasteiger partial charge is 0.503 e. The molecule has 0 spiro atoms. The molecule has 8 nitrogen and oxygen atoms in total. The van der Waals surface area contributed by atoms with Crippen LogP contribution in [-0.2, 0) is 26.1 Å². The third kappa shape index (κ3) is 6.10. The minimum Gasteiger partial charge on any atom is -0.503 e. The van der Waals surface area contributed by atoms with E-state index in [9.17, 15) is 23.1 Å². The van der Waals surface area contributed by atoms with E-state index in [1.807, 2.05) is 6.07 Å². The summed E-state index contributed by atoms with van der Waals surface area (Å²) in [5.41, 5.74) is 0.812.